The molecule has 0 N–H and O–H groups in total. The first-order valence-electron chi connectivity index (χ1n) is 9.94. The van der Waals surface area contributed by atoms with Crippen molar-refractivity contribution in [2.24, 2.45) is 0 Å². The molecule has 0 spiro atoms. The Kier molecular flexibility index (Phi) is 5.98. The zero-order valence-electron chi connectivity index (χ0n) is 17.2. The van der Waals surface area contributed by atoms with E-state index in [-0.39, 0.29) is 11.8 Å². The number of aryl methyl sites for hydroxylation is 2. The summed E-state index contributed by atoms with van der Waals surface area (Å²) in [5.74, 6) is -0.361. The van der Waals surface area contributed by atoms with Crippen molar-refractivity contribution in [1.29, 1.82) is 0 Å². The Morgan fingerprint density at radius 1 is 0.929 bits per heavy atom. The van der Waals surface area contributed by atoms with Crippen LogP contribution in [0.3, 0.4) is 0 Å². The maximum atomic E-state index is 13.3. The maximum absolute atomic E-state index is 13.3. The number of amides is 2. The summed E-state index contributed by atoms with van der Waals surface area (Å²) in [5, 5.41) is 0. The molecule has 146 valence electrons. The summed E-state index contributed by atoms with van der Waals surface area (Å²) in [4.78, 5) is 29.9. The minimum atomic E-state index is -0.181. The molecule has 4 nitrogen and oxygen atoms in total. The van der Waals surface area contributed by atoms with Gasteiger partial charge in [0.1, 0.15) is 5.70 Å². The molecule has 2 aromatic carbocycles. The fraction of sp³-hybridized carbons (Fsp3) is 0.333. The van der Waals surface area contributed by atoms with Crippen molar-refractivity contribution in [3.63, 3.8) is 0 Å². The zero-order chi connectivity index (χ0) is 20.3. The number of hydrogen-bond donors (Lipinski definition) is 0. The minimum absolute atomic E-state index is 0.180. The largest absolute Gasteiger partial charge is 0.362 e. The van der Waals surface area contributed by atoms with Crippen LogP contribution in [0, 0.1) is 13.8 Å². The van der Waals surface area contributed by atoms with Crippen LogP contribution in [0.5, 0.6) is 0 Å². The van der Waals surface area contributed by atoms with Gasteiger partial charge in [0.25, 0.3) is 11.8 Å². The summed E-state index contributed by atoms with van der Waals surface area (Å²) in [7, 11) is 0. The molecule has 0 saturated heterocycles. The molecule has 2 aromatic rings. The van der Waals surface area contributed by atoms with Crippen LogP contribution in [0.1, 0.15) is 42.5 Å². The van der Waals surface area contributed by atoms with Crippen LogP contribution in [0.15, 0.2) is 54.2 Å². The highest BCUT2D eigenvalue weighted by Gasteiger charge is 2.41. The average Bonchev–Trinajstić information content (AvgIpc) is 2.92. The molecule has 2 amide bonds. The van der Waals surface area contributed by atoms with Crippen molar-refractivity contribution in [1.82, 2.24) is 9.80 Å². The Morgan fingerprint density at radius 3 is 2.25 bits per heavy atom. The Morgan fingerprint density at radius 2 is 1.64 bits per heavy atom. The summed E-state index contributed by atoms with van der Waals surface area (Å²) in [6.07, 6.45) is 0.746. The first-order valence-corrected chi connectivity index (χ1v) is 9.94. The summed E-state index contributed by atoms with van der Waals surface area (Å²) >= 11 is 0. The number of carbonyl (C=O) groups excluding carboxylic acids is 2. The number of nitrogens with zero attached hydrogens (tertiary/aromatic N) is 2. The molecular weight excluding hydrogens is 348 g/mol. The van der Waals surface area contributed by atoms with E-state index >= 15 is 0 Å². The lowest BCUT2D eigenvalue weighted by Gasteiger charge is -2.25. The first kappa shape index (κ1) is 19.9. The lowest BCUT2D eigenvalue weighted by atomic mass is 9.97. The summed E-state index contributed by atoms with van der Waals surface area (Å²) in [6, 6.07) is 16.1. The molecule has 4 heteroatoms. The molecule has 3 rings (SSSR count). The number of carbonyl (C=O) groups is 2. The summed E-state index contributed by atoms with van der Waals surface area (Å²) < 4.78 is 0. The van der Waals surface area contributed by atoms with Gasteiger partial charge in [-0.15, -0.1) is 0 Å². The quantitative estimate of drug-likeness (QED) is 0.676. The molecule has 28 heavy (non-hydrogen) atoms. The van der Waals surface area contributed by atoms with E-state index in [1.165, 1.54) is 4.90 Å². The topological polar surface area (TPSA) is 40.6 Å². The first-order chi connectivity index (χ1) is 13.5. The highest BCUT2D eigenvalue weighted by atomic mass is 16.2. The summed E-state index contributed by atoms with van der Waals surface area (Å²) in [6.45, 7) is 9.73. The maximum Gasteiger partial charge on any atom is 0.277 e. The molecule has 0 radical (unpaired) electrons. The van der Waals surface area contributed by atoms with Crippen LogP contribution >= 0.6 is 0 Å². The van der Waals surface area contributed by atoms with Crippen LogP contribution in [-0.4, -0.2) is 34.7 Å². The van der Waals surface area contributed by atoms with E-state index in [1.54, 1.807) is 0 Å². The van der Waals surface area contributed by atoms with Gasteiger partial charge in [-0.3, -0.25) is 14.5 Å². The van der Waals surface area contributed by atoms with Gasteiger partial charge in [-0.25, -0.2) is 0 Å². The van der Waals surface area contributed by atoms with E-state index in [0.717, 1.165) is 28.7 Å². The number of benzene rings is 2. The van der Waals surface area contributed by atoms with E-state index < -0.39 is 0 Å². The van der Waals surface area contributed by atoms with E-state index in [0.29, 0.717) is 30.9 Å². The van der Waals surface area contributed by atoms with E-state index in [1.807, 2.05) is 75.1 Å². The fourth-order valence-corrected chi connectivity index (χ4v) is 3.77. The molecule has 0 bridgehead atoms. The molecule has 0 aliphatic carbocycles. The van der Waals surface area contributed by atoms with Crippen LogP contribution < -0.4 is 0 Å². The molecule has 1 aliphatic rings. The van der Waals surface area contributed by atoms with Crippen LogP contribution in [0.2, 0.25) is 0 Å². The molecule has 1 aliphatic heterocycles. The average molecular weight is 377 g/mol. The van der Waals surface area contributed by atoms with Crippen LogP contribution in [-0.2, 0) is 16.1 Å². The smallest absolute Gasteiger partial charge is 0.277 e. The number of imide groups is 1. The van der Waals surface area contributed by atoms with Crippen molar-refractivity contribution < 1.29 is 9.59 Å². The SMILES string of the molecule is CCCN1C(=O)C(c2ccc(C)cc2C)=C(N(CC)Cc2ccccc2)C1=O. The molecular formula is C24H28N2O2. The van der Waals surface area contributed by atoms with Gasteiger partial charge in [0.2, 0.25) is 0 Å². The highest BCUT2D eigenvalue weighted by Crippen LogP contribution is 2.34. The van der Waals surface area contributed by atoms with Gasteiger partial charge >= 0.3 is 0 Å². The fourth-order valence-electron chi connectivity index (χ4n) is 3.77. The highest BCUT2D eigenvalue weighted by molar-refractivity contribution is 6.35. The molecule has 1 heterocycles. The molecule has 0 atom stereocenters. The van der Waals surface area contributed by atoms with Gasteiger partial charge in [0.15, 0.2) is 0 Å². The predicted molar refractivity (Wildman–Crippen MR) is 112 cm³/mol. The lowest BCUT2D eigenvalue weighted by Crippen LogP contribution is -2.35. The molecule has 0 aromatic heterocycles. The zero-order valence-corrected chi connectivity index (χ0v) is 17.2. The van der Waals surface area contributed by atoms with Crippen molar-refractivity contribution >= 4 is 17.4 Å². The van der Waals surface area contributed by atoms with Crippen LogP contribution in [0.25, 0.3) is 5.57 Å². The van der Waals surface area contributed by atoms with E-state index in [9.17, 15) is 9.59 Å². The van der Waals surface area contributed by atoms with Gasteiger partial charge < -0.3 is 4.90 Å². The molecule has 0 fully saturated rings. The monoisotopic (exact) mass is 376 g/mol. The van der Waals surface area contributed by atoms with Gasteiger partial charge in [0, 0.05) is 19.6 Å². The Balaban J connectivity index is 2.12. The van der Waals surface area contributed by atoms with Gasteiger partial charge in [0.05, 0.1) is 5.57 Å². The standard InChI is InChI=1S/C24H28N2O2/c1-5-14-26-23(27)21(20-13-12-17(3)15-18(20)4)22(24(26)28)25(6-2)16-19-10-8-7-9-11-19/h7-13,15H,5-6,14,16H2,1-4H3. The van der Waals surface area contributed by atoms with Crippen molar-refractivity contribution in [3.8, 4) is 0 Å². The Bertz CT molecular complexity index is 915. The van der Waals surface area contributed by atoms with Gasteiger partial charge in [-0.1, -0.05) is 61.0 Å². The van der Waals surface area contributed by atoms with Crippen molar-refractivity contribution in [2.45, 2.75) is 40.7 Å². The number of rotatable bonds is 7. The summed E-state index contributed by atoms with van der Waals surface area (Å²) in [5.41, 5.74) is 5.19. The Hall–Kier alpha value is -2.88. The Labute approximate surface area is 167 Å². The third kappa shape index (κ3) is 3.72. The molecule has 0 saturated carbocycles. The van der Waals surface area contributed by atoms with E-state index in [2.05, 4.69) is 6.07 Å². The second-order valence-electron chi connectivity index (χ2n) is 7.30. The van der Waals surface area contributed by atoms with Crippen molar-refractivity contribution in [2.75, 3.05) is 13.1 Å². The lowest BCUT2D eigenvalue weighted by molar-refractivity contribution is -0.137. The minimum Gasteiger partial charge on any atom is -0.362 e. The third-order valence-electron chi connectivity index (χ3n) is 5.16. The molecule has 0 unspecified atom stereocenters. The third-order valence-corrected chi connectivity index (χ3v) is 5.16. The van der Waals surface area contributed by atoms with Crippen LogP contribution in [0.4, 0.5) is 0 Å². The normalized spacial score (nSPS) is 14.2. The predicted octanol–water partition coefficient (Wildman–Crippen LogP) is 4.32. The van der Waals surface area contributed by atoms with Gasteiger partial charge in [-0.05, 0) is 43.9 Å². The van der Waals surface area contributed by atoms with E-state index in [4.69, 9.17) is 0 Å². The van der Waals surface area contributed by atoms with Gasteiger partial charge in [-0.2, -0.15) is 0 Å². The number of likely N-dealkylation sites (N-methyl/N-ethyl adjacent to an activating group) is 1. The second kappa shape index (κ2) is 8.42. The second-order valence-corrected chi connectivity index (χ2v) is 7.30. The number of hydrogen-bond acceptors (Lipinski definition) is 3. The van der Waals surface area contributed by atoms with Crippen molar-refractivity contribution in [3.05, 3.63) is 76.5 Å².